The molecule has 1 fully saturated rings. The Kier molecular flexibility index (Phi) is 7.74. The average molecular weight is 565 g/mol. The van der Waals surface area contributed by atoms with Crippen LogP contribution in [0.1, 0.15) is 41.7 Å². The molecule has 0 bridgehead atoms. The normalized spacial score (nSPS) is 14.1. The molecule has 0 spiro atoms. The summed E-state index contributed by atoms with van der Waals surface area (Å²) in [5.74, 6) is 2.78. The van der Waals surface area contributed by atoms with Crippen LogP contribution in [0.15, 0.2) is 110 Å². The monoisotopic (exact) mass is 564 g/mol. The first kappa shape index (κ1) is 26.8. The van der Waals surface area contributed by atoms with Crippen molar-refractivity contribution in [3.8, 4) is 33.9 Å². The molecule has 0 unspecified atom stereocenters. The van der Waals surface area contributed by atoms with Gasteiger partial charge in [0.2, 0.25) is 0 Å². The third-order valence-electron chi connectivity index (χ3n) is 7.99. The van der Waals surface area contributed by atoms with Crippen molar-refractivity contribution in [1.29, 1.82) is 0 Å². The van der Waals surface area contributed by atoms with Crippen molar-refractivity contribution in [3.05, 3.63) is 132 Å². The molecule has 0 atom stereocenters. The zero-order valence-corrected chi connectivity index (χ0v) is 23.8. The van der Waals surface area contributed by atoms with Gasteiger partial charge < -0.3 is 0 Å². The number of hydrogen-bond donors (Lipinski definition) is 1. The van der Waals surface area contributed by atoms with Crippen LogP contribution < -0.4 is 0 Å². The molecule has 0 saturated carbocycles. The molecule has 6 aromatic rings. The first-order chi connectivity index (χ1) is 21.3. The predicted molar refractivity (Wildman–Crippen MR) is 167 cm³/mol. The van der Waals surface area contributed by atoms with E-state index in [0.717, 1.165) is 77.9 Å². The lowest BCUT2D eigenvalue weighted by molar-refractivity contribution is 0.202. The summed E-state index contributed by atoms with van der Waals surface area (Å²) in [4.78, 5) is 25.8. The molecular weight excluding hydrogens is 532 g/mol. The van der Waals surface area contributed by atoms with Crippen molar-refractivity contribution < 1.29 is 0 Å². The fourth-order valence-corrected chi connectivity index (χ4v) is 5.67. The summed E-state index contributed by atoms with van der Waals surface area (Å²) in [6.45, 7) is 2.96. The van der Waals surface area contributed by atoms with Crippen LogP contribution in [0.2, 0.25) is 0 Å². The van der Waals surface area contributed by atoms with E-state index in [9.17, 15) is 0 Å². The molecule has 212 valence electrons. The summed E-state index contributed by atoms with van der Waals surface area (Å²) >= 11 is 0. The topological polar surface area (TPSA) is 96.4 Å². The highest BCUT2D eigenvalue weighted by atomic mass is 15.2. The number of piperidine rings is 1. The van der Waals surface area contributed by atoms with E-state index in [0.29, 0.717) is 18.2 Å². The SMILES string of the molecule is c1ccc(-c2cnc(Cc3ccccn3)nc2-c2ccc(CN3CCC(c4nc(-c5ccccn5)n[nH]4)CC3)cc2)cc1. The molecule has 8 heteroatoms. The molecule has 1 aliphatic heterocycles. The van der Waals surface area contributed by atoms with Crippen LogP contribution in [-0.4, -0.2) is 53.1 Å². The molecule has 43 heavy (non-hydrogen) atoms. The second kappa shape index (κ2) is 12.4. The summed E-state index contributed by atoms with van der Waals surface area (Å²) in [5, 5.41) is 7.57. The third-order valence-corrected chi connectivity index (χ3v) is 7.99. The van der Waals surface area contributed by atoms with Gasteiger partial charge in [0.05, 0.1) is 12.1 Å². The van der Waals surface area contributed by atoms with E-state index < -0.39 is 0 Å². The molecule has 0 aliphatic carbocycles. The van der Waals surface area contributed by atoms with Crippen LogP contribution >= 0.6 is 0 Å². The van der Waals surface area contributed by atoms with Gasteiger partial charge in [0.25, 0.3) is 0 Å². The Labute approximate surface area is 251 Å². The number of rotatable bonds is 8. The van der Waals surface area contributed by atoms with Gasteiger partial charge in [-0.1, -0.05) is 66.7 Å². The number of nitrogens with one attached hydrogen (secondary N) is 1. The standard InChI is InChI=1S/C35H32N8/c1-2-8-26(9-3-1)30-23-38-32(22-29-10-4-6-18-36-29)39-33(30)27-14-12-25(13-15-27)24-43-20-16-28(17-21-43)34-40-35(42-41-34)31-11-5-7-19-37-31/h1-15,18-19,23,28H,16-17,20-22,24H2,(H,40,41,42). The third kappa shape index (κ3) is 6.24. The highest BCUT2D eigenvalue weighted by molar-refractivity contribution is 5.80. The van der Waals surface area contributed by atoms with E-state index in [4.69, 9.17) is 15.0 Å². The van der Waals surface area contributed by atoms with Crippen LogP contribution in [0.4, 0.5) is 0 Å². The van der Waals surface area contributed by atoms with Gasteiger partial charge in [-0.2, -0.15) is 5.10 Å². The molecule has 1 saturated heterocycles. The van der Waals surface area contributed by atoms with Crippen molar-refractivity contribution in [3.63, 3.8) is 0 Å². The van der Waals surface area contributed by atoms with Gasteiger partial charge in [-0.3, -0.25) is 20.0 Å². The lowest BCUT2D eigenvalue weighted by Gasteiger charge is -2.31. The summed E-state index contributed by atoms with van der Waals surface area (Å²) in [7, 11) is 0. The molecule has 8 nitrogen and oxygen atoms in total. The van der Waals surface area contributed by atoms with E-state index >= 15 is 0 Å². The number of pyridine rings is 2. The van der Waals surface area contributed by atoms with Gasteiger partial charge in [-0.25, -0.2) is 15.0 Å². The summed E-state index contributed by atoms with van der Waals surface area (Å²) in [6, 6.07) is 30.9. The van der Waals surface area contributed by atoms with Crippen LogP contribution in [0.5, 0.6) is 0 Å². The van der Waals surface area contributed by atoms with E-state index in [1.165, 1.54) is 5.56 Å². The fourth-order valence-electron chi connectivity index (χ4n) is 5.67. The van der Waals surface area contributed by atoms with Crippen LogP contribution in [0, 0.1) is 0 Å². The van der Waals surface area contributed by atoms with Crippen molar-refractivity contribution in [2.75, 3.05) is 13.1 Å². The number of H-pyrrole nitrogens is 1. The minimum Gasteiger partial charge on any atom is -0.299 e. The Morgan fingerprint density at radius 2 is 1.49 bits per heavy atom. The summed E-state index contributed by atoms with van der Waals surface area (Å²) in [6.07, 6.45) is 8.22. The van der Waals surface area contributed by atoms with Gasteiger partial charge >= 0.3 is 0 Å². The first-order valence-electron chi connectivity index (χ1n) is 14.7. The van der Waals surface area contributed by atoms with Crippen molar-refractivity contribution >= 4 is 0 Å². The molecule has 5 heterocycles. The molecule has 0 amide bonds. The maximum absolute atomic E-state index is 5.04. The highest BCUT2D eigenvalue weighted by Crippen LogP contribution is 2.31. The first-order valence-corrected chi connectivity index (χ1v) is 14.7. The maximum atomic E-state index is 5.04. The quantitative estimate of drug-likeness (QED) is 0.230. The van der Waals surface area contributed by atoms with E-state index in [2.05, 4.69) is 73.6 Å². The smallest absolute Gasteiger partial charge is 0.199 e. The zero-order valence-electron chi connectivity index (χ0n) is 23.8. The van der Waals surface area contributed by atoms with Gasteiger partial charge in [-0.05, 0) is 61.3 Å². The van der Waals surface area contributed by atoms with E-state index in [-0.39, 0.29) is 0 Å². The maximum Gasteiger partial charge on any atom is 0.199 e. The van der Waals surface area contributed by atoms with Gasteiger partial charge in [0.1, 0.15) is 17.3 Å². The van der Waals surface area contributed by atoms with Crippen LogP contribution in [0.25, 0.3) is 33.9 Å². The molecular formula is C35H32N8. The predicted octanol–water partition coefficient (Wildman–Crippen LogP) is 6.36. The number of nitrogens with zero attached hydrogens (tertiary/aromatic N) is 7. The number of benzene rings is 2. The van der Waals surface area contributed by atoms with Gasteiger partial charge in [0.15, 0.2) is 5.82 Å². The lowest BCUT2D eigenvalue weighted by atomic mass is 9.95. The van der Waals surface area contributed by atoms with Gasteiger partial charge in [0, 0.05) is 47.9 Å². The fraction of sp³-hybridized carbons (Fsp3) is 0.200. The second-order valence-corrected chi connectivity index (χ2v) is 10.9. The molecule has 0 radical (unpaired) electrons. The van der Waals surface area contributed by atoms with Gasteiger partial charge in [-0.15, -0.1) is 0 Å². The highest BCUT2D eigenvalue weighted by Gasteiger charge is 2.24. The Hall–Kier alpha value is -5.08. The molecule has 2 aromatic carbocycles. The second-order valence-electron chi connectivity index (χ2n) is 10.9. The largest absolute Gasteiger partial charge is 0.299 e. The van der Waals surface area contributed by atoms with Crippen LogP contribution in [-0.2, 0) is 13.0 Å². The molecule has 7 rings (SSSR count). The Bertz CT molecular complexity index is 1760. The van der Waals surface area contributed by atoms with Crippen molar-refractivity contribution in [2.24, 2.45) is 0 Å². The number of likely N-dealkylation sites (tertiary alicyclic amines) is 1. The Morgan fingerprint density at radius 3 is 2.23 bits per heavy atom. The lowest BCUT2D eigenvalue weighted by Crippen LogP contribution is -2.32. The van der Waals surface area contributed by atoms with Crippen molar-refractivity contribution in [2.45, 2.75) is 31.7 Å². The van der Waals surface area contributed by atoms with E-state index in [1.54, 1.807) is 6.20 Å². The summed E-state index contributed by atoms with van der Waals surface area (Å²) < 4.78 is 0. The zero-order chi connectivity index (χ0) is 28.8. The minimum absolute atomic E-state index is 0.387. The molecule has 4 aromatic heterocycles. The Balaban J connectivity index is 1.04. The number of aromatic amines is 1. The number of hydrogen-bond acceptors (Lipinski definition) is 7. The van der Waals surface area contributed by atoms with Crippen LogP contribution in [0.3, 0.4) is 0 Å². The summed E-state index contributed by atoms with van der Waals surface area (Å²) in [5.41, 5.74) is 7.21. The molecule has 1 aliphatic rings. The Morgan fingerprint density at radius 1 is 0.721 bits per heavy atom. The van der Waals surface area contributed by atoms with E-state index in [1.807, 2.05) is 54.9 Å². The average Bonchev–Trinajstić information content (AvgIpc) is 3.57. The molecule has 1 N–H and O–H groups in total. The minimum atomic E-state index is 0.387. The number of aromatic nitrogens is 7. The van der Waals surface area contributed by atoms with Crippen molar-refractivity contribution in [1.82, 2.24) is 40.0 Å².